The van der Waals surface area contributed by atoms with Gasteiger partial charge in [0, 0.05) is 12.1 Å². The van der Waals surface area contributed by atoms with Gasteiger partial charge in [0.2, 0.25) is 0 Å². The average Bonchev–Trinajstić information content (AvgIpc) is 2.49. The maximum atomic E-state index is 12.1. The van der Waals surface area contributed by atoms with E-state index in [1.54, 1.807) is 13.8 Å². The second-order valence-electron chi connectivity index (χ2n) is 5.29. The summed E-state index contributed by atoms with van der Waals surface area (Å²) in [5.74, 6) is -1.13. The predicted molar refractivity (Wildman–Crippen MR) is 86.1 cm³/mol. The number of hydrogen-bond acceptors (Lipinski definition) is 8. The molecule has 0 aliphatic heterocycles. The highest BCUT2D eigenvalue weighted by atomic mass is 32.2. The zero-order valence-electron chi connectivity index (χ0n) is 14.3. The molecule has 0 aliphatic carbocycles. The maximum Gasteiger partial charge on any atom is 0.382 e. The van der Waals surface area contributed by atoms with Gasteiger partial charge in [-0.15, -0.1) is 0 Å². The van der Waals surface area contributed by atoms with E-state index in [4.69, 9.17) is 14.2 Å². The Morgan fingerprint density at radius 1 is 1.33 bits per heavy atom. The number of carbonyl (C=O) groups is 1. The Hall–Kier alpha value is -1.59. The third kappa shape index (κ3) is 4.48. The number of aromatic nitrogens is 2. The molecule has 1 atom stereocenters. The first-order valence-electron chi connectivity index (χ1n) is 6.68. The van der Waals surface area contributed by atoms with Crippen LogP contribution in [0.25, 0.3) is 0 Å². The molecule has 1 N–H and O–H groups in total. The molecule has 0 spiro atoms. The lowest BCUT2D eigenvalue weighted by Gasteiger charge is -2.28. The second kappa shape index (κ2) is 7.53. The number of nitrogens with zero attached hydrogens (tertiary/aromatic N) is 2. The Kier molecular flexibility index (Phi) is 6.42. The zero-order valence-corrected chi connectivity index (χ0v) is 15.9. The number of rotatable bonds is 8. The fourth-order valence-corrected chi connectivity index (χ4v) is 4.09. The SMILES string of the molecule is COc1cc(OC)[n+](S(C)(=O)=O)c(SC(C(=O)O)C(C)(C)OC)n1. The van der Waals surface area contributed by atoms with Crippen molar-refractivity contribution in [1.29, 1.82) is 0 Å². The van der Waals surface area contributed by atoms with Crippen molar-refractivity contribution >= 4 is 27.8 Å². The van der Waals surface area contributed by atoms with Gasteiger partial charge in [0.15, 0.2) is 0 Å². The molecule has 0 aliphatic rings. The normalized spacial score (nSPS) is 13.4. The van der Waals surface area contributed by atoms with Gasteiger partial charge in [-0.3, -0.25) is 4.79 Å². The molecule has 1 heterocycles. The van der Waals surface area contributed by atoms with Gasteiger partial charge < -0.3 is 19.3 Å². The van der Waals surface area contributed by atoms with Crippen LogP contribution in [0.3, 0.4) is 0 Å². The summed E-state index contributed by atoms with van der Waals surface area (Å²) < 4.78 is 40.4. The molecule has 24 heavy (non-hydrogen) atoms. The van der Waals surface area contributed by atoms with Crippen LogP contribution in [0.2, 0.25) is 0 Å². The van der Waals surface area contributed by atoms with E-state index in [0.29, 0.717) is 0 Å². The summed E-state index contributed by atoms with van der Waals surface area (Å²) in [7, 11) is 0.216. The smallest absolute Gasteiger partial charge is 0.382 e. The van der Waals surface area contributed by atoms with Crippen LogP contribution in [0.4, 0.5) is 0 Å². The zero-order chi connectivity index (χ0) is 18.7. The summed E-state index contributed by atoms with van der Waals surface area (Å²) in [6.07, 6.45) is 0.963. The summed E-state index contributed by atoms with van der Waals surface area (Å²) in [4.78, 5) is 15.7. The lowest BCUT2D eigenvalue weighted by atomic mass is 10.1. The van der Waals surface area contributed by atoms with E-state index in [-0.39, 0.29) is 16.9 Å². The van der Waals surface area contributed by atoms with Gasteiger partial charge in [-0.05, 0) is 25.6 Å². The lowest BCUT2D eigenvalue weighted by molar-refractivity contribution is -0.567. The number of carboxylic acid groups (broad SMARTS) is 1. The molecule has 0 saturated heterocycles. The standard InChI is InChI=1S/C13H20N2O7S2/c1-13(2,22-5)10(11(16)17)23-12-14-8(20-3)7-9(21-4)15(12)24(6,18)19/h7,10H,1-6H3/p+1. The molecule has 1 aromatic rings. The molecule has 0 bridgehead atoms. The van der Waals surface area contributed by atoms with Crippen LogP contribution in [0.15, 0.2) is 11.2 Å². The van der Waals surface area contributed by atoms with Crippen molar-refractivity contribution in [1.82, 2.24) is 4.98 Å². The third-order valence-corrected chi connectivity index (χ3v) is 5.80. The summed E-state index contributed by atoms with van der Waals surface area (Å²) in [6, 6.07) is 1.29. The minimum absolute atomic E-state index is 0.0498. The molecule has 0 aromatic carbocycles. The summed E-state index contributed by atoms with van der Waals surface area (Å²) in [6.45, 7) is 3.17. The van der Waals surface area contributed by atoms with Crippen LogP contribution in [-0.4, -0.2) is 62.9 Å². The van der Waals surface area contributed by atoms with Crippen LogP contribution in [0, 0.1) is 0 Å². The predicted octanol–water partition coefficient (Wildman–Crippen LogP) is 0.164. The van der Waals surface area contributed by atoms with E-state index in [2.05, 4.69) is 4.98 Å². The van der Waals surface area contributed by atoms with E-state index in [1.165, 1.54) is 27.4 Å². The van der Waals surface area contributed by atoms with E-state index in [1.807, 2.05) is 0 Å². The van der Waals surface area contributed by atoms with Crippen molar-refractivity contribution in [3.63, 3.8) is 0 Å². The van der Waals surface area contributed by atoms with Crippen molar-refractivity contribution in [2.45, 2.75) is 29.9 Å². The number of thioether (sulfide) groups is 1. The molecule has 11 heteroatoms. The minimum atomic E-state index is -3.81. The summed E-state index contributed by atoms with van der Waals surface area (Å²) >= 11 is 0.729. The van der Waals surface area contributed by atoms with Crippen molar-refractivity contribution in [3.8, 4) is 11.8 Å². The second-order valence-corrected chi connectivity index (χ2v) is 8.20. The number of hydrogen-bond donors (Lipinski definition) is 1. The summed E-state index contributed by atoms with van der Waals surface area (Å²) in [5.41, 5.74) is -1.08. The average molecular weight is 381 g/mol. The maximum absolute atomic E-state index is 12.1. The van der Waals surface area contributed by atoms with Gasteiger partial charge in [-0.25, -0.2) is 0 Å². The number of aliphatic carboxylic acids is 1. The Labute approximate surface area is 145 Å². The van der Waals surface area contributed by atoms with Crippen molar-refractivity contribution in [3.05, 3.63) is 6.07 Å². The van der Waals surface area contributed by atoms with E-state index in [0.717, 1.165) is 22.0 Å². The van der Waals surface area contributed by atoms with Gasteiger partial charge in [0.05, 0.1) is 26.1 Å². The van der Waals surface area contributed by atoms with Gasteiger partial charge >= 0.3 is 32.9 Å². The Balaban J connectivity index is 3.58. The van der Waals surface area contributed by atoms with Gasteiger partial charge in [0.25, 0.3) is 0 Å². The van der Waals surface area contributed by atoms with Crippen molar-refractivity contribution in [2.24, 2.45) is 0 Å². The molecular formula is C13H21N2O7S2+. The molecule has 0 saturated carbocycles. The first-order chi connectivity index (χ1) is 11.0. The molecular weight excluding hydrogens is 360 g/mol. The lowest BCUT2D eigenvalue weighted by Crippen LogP contribution is -2.48. The van der Waals surface area contributed by atoms with Gasteiger partial charge in [-0.1, -0.05) is 3.97 Å². The first kappa shape index (κ1) is 20.5. The molecule has 1 aromatic heterocycles. The highest BCUT2D eigenvalue weighted by Crippen LogP contribution is 2.32. The van der Waals surface area contributed by atoms with Gasteiger partial charge in [0.1, 0.15) is 11.3 Å². The van der Waals surface area contributed by atoms with E-state index >= 15 is 0 Å². The topological polar surface area (TPSA) is 116 Å². The van der Waals surface area contributed by atoms with Crippen LogP contribution >= 0.6 is 11.8 Å². The highest BCUT2D eigenvalue weighted by Gasteiger charge is 2.42. The largest absolute Gasteiger partial charge is 0.480 e. The van der Waals surface area contributed by atoms with Crippen molar-refractivity contribution in [2.75, 3.05) is 27.6 Å². The van der Waals surface area contributed by atoms with Crippen molar-refractivity contribution < 1.29 is 36.5 Å². The molecule has 0 radical (unpaired) electrons. The number of methoxy groups -OCH3 is 3. The Bertz CT molecular complexity index is 719. The summed E-state index contributed by atoms with van der Waals surface area (Å²) in [5, 5.41) is 8.27. The quantitative estimate of drug-likeness (QED) is 0.382. The monoisotopic (exact) mass is 381 g/mol. The van der Waals surface area contributed by atoms with Crippen LogP contribution in [0.5, 0.6) is 11.8 Å². The Morgan fingerprint density at radius 2 is 1.92 bits per heavy atom. The number of ether oxygens (including phenoxy) is 3. The van der Waals surface area contributed by atoms with Gasteiger partial charge in [-0.2, -0.15) is 8.42 Å². The Morgan fingerprint density at radius 3 is 2.29 bits per heavy atom. The first-order valence-corrected chi connectivity index (χ1v) is 9.41. The van der Waals surface area contributed by atoms with E-state index < -0.39 is 26.8 Å². The van der Waals surface area contributed by atoms with Crippen LogP contribution in [-0.2, 0) is 19.6 Å². The molecule has 136 valence electrons. The van der Waals surface area contributed by atoms with Crippen LogP contribution < -0.4 is 13.4 Å². The molecule has 1 unspecified atom stereocenters. The highest BCUT2D eigenvalue weighted by molar-refractivity contribution is 8.00. The van der Waals surface area contributed by atoms with E-state index in [9.17, 15) is 18.3 Å². The minimum Gasteiger partial charge on any atom is -0.480 e. The van der Waals surface area contributed by atoms with Crippen LogP contribution in [0.1, 0.15) is 13.8 Å². The molecule has 1 rings (SSSR count). The third-order valence-electron chi connectivity index (χ3n) is 3.18. The number of carboxylic acids is 1. The molecule has 0 fully saturated rings. The molecule has 9 nitrogen and oxygen atoms in total. The molecule has 0 amide bonds. The fourth-order valence-electron chi connectivity index (χ4n) is 1.76. The fraction of sp³-hybridized carbons (Fsp3) is 0.615.